The minimum absolute atomic E-state index is 0.00571. The van der Waals surface area contributed by atoms with Gasteiger partial charge in [-0.25, -0.2) is 0 Å². The number of nitrogens with one attached hydrogen (secondary N) is 1. The van der Waals surface area contributed by atoms with Crippen molar-refractivity contribution in [3.63, 3.8) is 0 Å². The summed E-state index contributed by atoms with van der Waals surface area (Å²) in [6.07, 6.45) is 2.67. The van der Waals surface area contributed by atoms with Gasteiger partial charge in [-0.05, 0) is 18.9 Å². The third-order valence-corrected chi connectivity index (χ3v) is 4.54. The first-order valence-corrected chi connectivity index (χ1v) is 8.95. The van der Waals surface area contributed by atoms with Gasteiger partial charge in [-0.2, -0.15) is 5.10 Å². The maximum absolute atomic E-state index is 12.3. The van der Waals surface area contributed by atoms with Crippen LogP contribution in [0.15, 0.2) is 6.07 Å². The maximum atomic E-state index is 12.3. The van der Waals surface area contributed by atoms with Crippen LogP contribution < -0.4 is 5.32 Å². The highest BCUT2D eigenvalue weighted by Crippen LogP contribution is 2.15. The van der Waals surface area contributed by atoms with Gasteiger partial charge >= 0.3 is 0 Å². The molecule has 1 aromatic heterocycles. The number of ether oxygens (including phenoxy) is 2. The first-order chi connectivity index (χ1) is 12.2. The Morgan fingerprint density at radius 2 is 2.32 bits per heavy atom. The summed E-state index contributed by atoms with van der Waals surface area (Å²) in [5, 5.41) is 7.30. The van der Waals surface area contributed by atoms with Crippen LogP contribution in [0.4, 0.5) is 0 Å². The monoisotopic (exact) mass is 350 g/mol. The molecule has 2 aliphatic rings. The van der Waals surface area contributed by atoms with Crippen LogP contribution in [-0.2, 0) is 38.7 Å². The number of rotatable bonds is 7. The fraction of sp³-hybridized carbons (Fsp3) is 0.706. The molecule has 0 spiro atoms. The first kappa shape index (κ1) is 17.9. The van der Waals surface area contributed by atoms with Crippen LogP contribution in [0, 0.1) is 0 Å². The van der Waals surface area contributed by atoms with E-state index in [4.69, 9.17) is 9.47 Å². The van der Waals surface area contributed by atoms with E-state index in [-0.39, 0.29) is 24.5 Å². The standard InChI is InChI=1S/C17H26N4O4/c1-2-16(22)18-9-13-8-14-10-20(5-6-21(14)19-13)17(23)12-24-11-15-4-3-7-25-15/h8,15H,2-7,9-12H2,1H3,(H,18,22)/t15-/m1/s1. The van der Waals surface area contributed by atoms with Gasteiger partial charge in [0.2, 0.25) is 11.8 Å². The van der Waals surface area contributed by atoms with Crippen LogP contribution in [-0.4, -0.2) is 59.0 Å². The van der Waals surface area contributed by atoms with Crippen LogP contribution >= 0.6 is 0 Å². The summed E-state index contributed by atoms with van der Waals surface area (Å²) in [7, 11) is 0. The van der Waals surface area contributed by atoms with Gasteiger partial charge < -0.3 is 19.7 Å². The minimum Gasteiger partial charge on any atom is -0.376 e. The van der Waals surface area contributed by atoms with Crippen molar-refractivity contribution >= 4 is 11.8 Å². The second-order valence-electron chi connectivity index (χ2n) is 6.45. The summed E-state index contributed by atoms with van der Waals surface area (Å²) in [6, 6.07) is 1.95. The van der Waals surface area contributed by atoms with E-state index in [1.807, 2.05) is 17.7 Å². The molecule has 0 bridgehead atoms. The predicted octanol–water partition coefficient (Wildman–Crippen LogP) is 0.447. The quantitative estimate of drug-likeness (QED) is 0.772. The number of aromatic nitrogens is 2. The lowest BCUT2D eigenvalue weighted by Crippen LogP contribution is -2.40. The highest BCUT2D eigenvalue weighted by atomic mass is 16.5. The van der Waals surface area contributed by atoms with Gasteiger partial charge in [0.15, 0.2) is 0 Å². The minimum atomic E-state index is -0.00807. The molecule has 138 valence electrons. The van der Waals surface area contributed by atoms with Crippen LogP contribution in [0.2, 0.25) is 0 Å². The second-order valence-corrected chi connectivity index (χ2v) is 6.45. The molecule has 0 aromatic carbocycles. The molecule has 0 radical (unpaired) electrons. The van der Waals surface area contributed by atoms with Crippen molar-refractivity contribution in [3.8, 4) is 0 Å². The lowest BCUT2D eigenvalue weighted by Gasteiger charge is -2.27. The van der Waals surface area contributed by atoms with E-state index >= 15 is 0 Å². The number of fused-ring (bicyclic) bond motifs is 1. The van der Waals surface area contributed by atoms with Gasteiger partial charge in [0.25, 0.3) is 0 Å². The topological polar surface area (TPSA) is 85.7 Å². The van der Waals surface area contributed by atoms with Crippen molar-refractivity contribution in [1.82, 2.24) is 20.0 Å². The maximum Gasteiger partial charge on any atom is 0.248 e. The Morgan fingerprint density at radius 3 is 3.08 bits per heavy atom. The SMILES string of the molecule is CCC(=O)NCc1cc2n(n1)CCN(C(=O)COC[C@H]1CCCO1)C2. The van der Waals surface area contributed by atoms with Gasteiger partial charge in [-0.3, -0.25) is 14.3 Å². The largest absolute Gasteiger partial charge is 0.376 e. The van der Waals surface area contributed by atoms with E-state index in [0.29, 0.717) is 39.2 Å². The molecule has 0 aliphatic carbocycles. The number of hydrogen-bond acceptors (Lipinski definition) is 5. The molecule has 1 atom stereocenters. The number of nitrogens with zero attached hydrogens (tertiary/aromatic N) is 3. The lowest BCUT2D eigenvalue weighted by molar-refractivity contribution is -0.138. The van der Waals surface area contributed by atoms with E-state index in [9.17, 15) is 9.59 Å². The summed E-state index contributed by atoms with van der Waals surface area (Å²) in [5.41, 5.74) is 1.81. The van der Waals surface area contributed by atoms with Crippen LogP contribution in [0.1, 0.15) is 37.6 Å². The molecule has 1 saturated heterocycles. The number of carbonyl (C=O) groups excluding carboxylic acids is 2. The summed E-state index contributed by atoms with van der Waals surface area (Å²) in [6.45, 7) is 5.41. The highest BCUT2D eigenvalue weighted by molar-refractivity contribution is 5.77. The molecular weight excluding hydrogens is 324 g/mol. The normalized spacial score (nSPS) is 19.7. The zero-order chi connectivity index (χ0) is 17.6. The Morgan fingerprint density at radius 1 is 1.44 bits per heavy atom. The van der Waals surface area contributed by atoms with Crippen molar-refractivity contribution < 1.29 is 19.1 Å². The third-order valence-electron chi connectivity index (χ3n) is 4.54. The van der Waals surface area contributed by atoms with Gasteiger partial charge in [0.1, 0.15) is 6.61 Å². The zero-order valence-electron chi connectivity index (χ0n) is 14.7. The van der Waals surface area contributed by atoms with Crippen LogP contribution in [0.25, 0.3) is 0 Å². The molecule has 1 N–H and O–H groups in total. The number of amides is 2. The Bertz CT molecular complexity index is 610. The Hall–Kier alpha value is -1.93. The Balaban J connectivity index is 1.45. The van der Waals surface area contributed by atoms with Gasteiger partial charge in [0.05, 0.1) is 43.7 Å². The molecule has 1 aromatic rings. The Labute approximate surface area is 147 Å². The van der Waals surface area contributed by atoms with Crippen molar-refractivity contribution in [2.24, 2.45) is 0 Å². The van der Waals surface area contributed by atoms with Crippen molar-refractivity contribution in [3.05, 3.63) is 17.5 Å². The molecule has 2 aliphatic heterocycles. The molecule has 8 heteroatoms. The van der Waals surface area contributed by atoms with E-state index in [1.54, 1.807) is 4.90 Å². The molecular formula is C17H26N4O4. The summed E-state index contributed by atoms with van der Waals surface area (Å²) < 4.78 is 12.9. The fourth-order valence-electron chi connectivity index (χ4n) is 3.08. The number of hydrogen-bond donors (Lipinski definition) is 1. The predicted molar refractivity (Wildman–Crippen MR) is 89.6 cm³/mol. The van der Waals surface area contributed by atoms with E-state index < -0.39 is 0 Å². The molecule has 3 heterocycles. The highest BCUT2D eigenvalue weighted by Gasteiger charge is 2.23. The summed E-state index contributed by atoms with van der Waals surface area (Å²) >= 11 is 0. The zero-order valence-corrected chi connectivity index (χ0v) is 14.7. The van der Waals surface area contributed by atoms with E-state index in [1.165, 1.54) is 0 Å². The second kappa shape index (κ2) is 8.44. The lowest BCUT2D eigenvalue weighted by atomic mass is 10.2. The molecule has 1 fully saturated rings. The van der Waals surface area contributed by atoms with E-state index in [0.717, 1.165) is 30.8 Å². The molecule has 8 nitrogen and oxygen atoms in total. The molecule has 0 saturated carbocycles. The average molecular weight is 350 g/mol. The van der Waals surface area contributed by atoms with Crippen molar-refractivity contribution in [2.45, 2.75) is 51.9 Å². The molecule has 2 amide bonds. The van der Waals surface area contributed by atoms with Crippen molar-refractivity contribution in [2.75, 3.05) is 26.4 Å². The molecule has 3 rings (SSSR count). The Kier molecular flexibility index (Phi) is 6.04. The van der Waals surface area contributed by atoms with Crippen LogP contribution in [0.5, 0.6) is 0 Å². The van der Waals surface area contributed by atoms with Gasteiger partial charge in [0, 0.05) is 19.6 Å². The summed E-state index contributed by atoms with van der Waals surface area (Å²) in [4.78, 5) is 25.5. The molecule has 25 heavy (non-hydrogen) atoms. The van der Waals surface area contributed by atoms with Crippen molar-refractivity contribution in [1.29, 1.82) is 0 Å². The fourth-order valence-corrected chi connectivity index (χ4v) is 3.08. The summed E-state index contributed by atoms with van der Waals surface area (Å²) in [5.74, 6) is -0.00236. The van der Waals surface area contributed by atoms with Gasteiger partial charge in [-0.15, -0.1) is 0 Å². The smallest absolute Gasteiger partial charge is 0.248 e. The third kappa shape index (κ3) is 4.79. The number of carbonyl (C=O) groups is 2. The van der Waals surface area contributed by atoms with Crippen LogP contribution in [0.3, 0.4) is 0 Å². The van der Waals surface area contributed by atoms with Gasteiger partial charge in [-0.1, -0.05) is 6.92 Å². The average Bonchev–Trinajstić information content (AvgIpc) is 3.27. The van der Waals surface area contributed by atoms with E-state index in [2.05, 4.69) is 10.4 Å². The molecule has 0 unspecified atom stereocenters. The first-order valence-electron chi connectivity index (χ1n) is 8.95.